The van der Waals surface area contributed by atoms with Gasteiger partial charge in [0, 0.05) is 6.42 Å². The maximum Gasteiger partial charge on any atom is 0.181 e. The highest BCUT2D eigenvalue weighted by Crippen LogP contribution is 2.30. The van der Waals surface area contributed by atoms with E-state index >= 15 is 0 Å². The predicted molar refractivity (Wildman–Crippen MR) is 71.6 cm³/mol. The van der Waals surface area contributed by atoms with E-state index in [9.17, 15) is 0 Å². The highest BCUT2D eigenvalue weighted by molar-refractivity contribution is 7.13. The number of nitrogens with zero attached hydrogens (tertiary/aromatic N) is 2. The van der Waals surface area contributed by atoms with Crippen LogP contribution in [0.2, 0.25) is 0 Å². The molecular weight excluding hydrogens is 244 g/mol. The van der Waals surface area contributed by atoms with Crippen LogP contribution in [0.15, 0.2) is 46.7 Å². The molecule has 0 radical (unpaired) electrons. The maximum atomic E-state index is 5.52. The molecule has 0 N–H and O–H groups in total. The van der Waals surface area contributed by atoms with E-state index in [1.165, 1.54) is 12.0 Å². The van der Waals surface area contributed by atoms with Crippen LogP contribution in [0.4, 0.5) is 0 Å². The summed E-state index contributed by atoms with van der Waals surface area (Å²) in [6, 6.07) is 10.3. The van der Waals surface area contributed by atoms with Gasteiger partial charge in [-0.25, -0.2) is 9.97 Å². The molecule has 3 rings (SSSR count). The Hall–Kier alpha value is -1.94. The first kappa shape index (κ1) is 11.2. The van der Waals surface area contributed by atoms with E-state index < -0.39 is 0 Å². The highest BCUT2D eigenvalue weighted by Gasteiger charge is 2.15. The number of hydrogen-bond donors (Lipinski definition) is 0. The third-order valence-corrected chi connectivity index (χ3v) is 3.73. The van der Waals surface area contributed by atoms with Crippen molar-refractivity contribution in [2.75, 3.05) is 0 Å². The van der Waals surface area contributed by atoms with Crippen molar-refractivity contribution in [3.05, 3.63) is 59.2 Å². The molecule has 0 aliphatic carbocycles. The Labute approximate surface area is 109 Å². The zero-order chi connectivity index (χ0) is 12.4. The summed E-state index contributed by atoms with van der Waals surface area (Å²) in [7, 11) is 0. The second-order valence-electron chi connectivity index (χ2n) is 4.06. The standard InChI is InChI=1S/C14H12N2OS/c1-10-14(18-9-16-10)13-12(15-8-17-13)7-11-5-3-2-4-6-11/h2-6,8-9H,7H2,1H3. The zero-order valence-electron chi connectivity index (χ0n) is 9.96. The minimum atomic E-state index is 0.782. The molecule has 0 bridgehead atoms. The first-order valence-corrected chi connectivity index (χ1v) is 6.59. The molecule has 0 aliphatic rings. The van der Waals surface area contributed by atoms with Crippen LogP contribution >= 0.6 is 11.3 Å². The van der Waals surface area contributed by atoms with E-state index in [2.05, 4.69) is 22.1 Å². The zero-order valence-corrected chi connectivity index (χ0v) is 10.8. The van der Waals surface area contributed by atoms with Crippen LogP contribution in [0, 0.1) is 6.92 Å². The number of aryl methyl sites for hydroxylation is 1. The van der Waals surface area contributed by atoms with Crippen LogP contribution in [0.3, 0.4) is 0 Å². The van der Waals surface area contributed by atoms with E-state index in [0.717, 1.165) is 28.4 Å². The molecule has 0 spiro atoms. The lowest BCUT2D eigenvalue weighted by Gasteiger charge is -2.00. The monoisotopic (exact) mass is 256 g/mol. The number of rotatable bonds is 3. The van der Waals surface area contributed by atoms with Gasteiger partial charge in [0.25, 0.3) is 0 Å². The van der Waals surface area contributed by atoms with Crippen LogP contribution < -0.4 is 0 Å². The van der Waals surface area contributed by atoms with Gasteiger partial charge in [-0.1, -0.05) is 30.3 Å². The molecule has 18 heavy (non-hydrogen) atoms. The summed E-state index contributed by atoms with van der Waals surface area (Å²) >= 11 is 1.59. The minimum absolute atomic E-state index is 0.782. The summed E-state index contributed by atoms with van der Waals surface area (Å²) in [5.41, 5.74) is 5.02. The molecule has 0 saturated heterocycles. The van der Waals surface area contributed by atoms with Gasteiger partial charge in [0.1, 0.15) is 0 Å². The Kier molecular flexibility index (Phi) is 2.94. The van der Waals surface area contributed by atoms with Gasteiger partial charge in [-0.3, -0.25) is 0 Å². The predicted octanol–water partition coefficient (Wildman–Crippen LogP) is 3.70. The lowest BCUT2D eigenvalue weighted by molar-refractivity contribution is 0.572. The van der Waals surface area contributed by atoms with Gasteiger partial charge in [0.2, 0.25) is 0 Å². The van der Waals surface area contributed by atoms with Crippen LogP contribution in [-0.2, 0) is 6.42 Å². The fourth-order valence-corrected chi connectivity index (χ4v) is 2.70. The number of aromatic nitrogens is 2. The second kappa shape index (κ2) is 4.74. The molecule has 0 fully saturated rings. The fourth-order valence-electron chi connectivity index (χ4n) is 1.89. The van der Waals surface area contributed by atoms with Gasteiger partial charge in [0.05, 0.1) is 21.8 Å². The van der Waals surface area contributed by atoms with E-state index in [1.807, 2.05) is 30.6 Å². The van der Waals surface area contributed by atoms with Gasteiger partial charge >= 0.3 is 0 Å². The van der Waals surface area contributed by atoms with Gasteiger partial charge in [-0.15, -0.1) is 11.3 Å². The molecule has 0 unspecified atom stereocenters. The van der Waals surface area contributed by atoms with E-state index in [0.29, 0.717) is 0 Å². The van der Waals surface area contributed by atoms with Crippen molar-refractivity contribution in [3.8, 4) is 10.6 Å². The van der Waals surface area contributed by atoms with Gasteiger partial charge in [-0.2, -0.15) is 0 Å². The van der Waals surface area contributed by atoms with Gasteiger partial charge in [0.15, 0.2) is 12.2 Å². The van der Waals surface area contributed by atoms with Crippen LogP contribution in [0.1, 0.15) is 17.0 Å². The Balaban J connectivity index is 1.96. The Bertz CT molecular complexity index is 643. The normalized spacial score (nSPS) is 10.7. The van der Waals surface area contributed by atoms with E-state index in [-0.39, 0.29) is 0 Å². The molecule has 3 nitrogen and oxygen atoms in total. The smallest absolute Gasteiger partial charge is 0.181 e. The molecule has 0 aliphatic heterocycles. The number of hydrogen-bond acceptors (Lipinski definition) is 4. The largest absolute Gasteiger partial charge is 0.442 e. The molecule has 0 amide bonds. The number of benzene rings is 1. The summed E-state index contributed by atoms with van der Waals surface area (Å²) in [5, 5.41) is 0. The quantitative estimate of drug-likeness (QED) is 0.717. The molecule has 90 valence electrons. The topological polar surface area (TPSA) is 38.9 Å². The Morgan fingerprint density at radius 2 is 2.00 bits per heavy atom. The maximum absolute atomic E-state index is 5.52. The molecule has 2 aromatic heterocycles. The number of oxazole rings is 1. The lowest BCUT2D eigenvalue weighted by atomic mass is 10.1. The first-order valence-electron chi connectivity index (χ1n) is 5.71. The highest BCUT2D eigenvalue weighted by atomic mass is 32.1. The molecule has 0 atom stereocenters. The van der Waals surface area contributed by atoms with Crippen molar-refractivity contribution in [1.82, 2.24) is 9.97 Å². The molecule has 0 saturated carbocycles. The fraction of sp³-hybridized carbons (Fsp3) is 0.143. The molecule has 4 heteroatoms. The average molecular weight is 256 g/mol. The third-order valence-electron chi connectivity index (χ3n) is 2.81. The van der Waals surface area contributed by atoms with Crippen LogP contribution in [0.5, 0.6) is 0 Å². The van der Waals surface area contributed by atoms with Crippen molar-refractivity contribution in [1.29, 1.82) is 0 Å². The second-order valence-corrected chi connectivity index (χ2v) is 4.91. The van der Waals surface area contributed by atoms with Crippen LogP contribution in [0.25, 0.3) is 10.6 Å². The van der Waals surface area contributed by atoms with Crippen molar-refractivity contribution in [3.63, 3.8) is 0 Å². The summed E-state index contributed by atoms with van der Waals surface area (Å²) in [6.45, 7) is 1.99. The Morgan fingerprint density at radius 1 is 1.17 bits per heavy atom. The SMILES string of the molecule is Cc1ncsc1-c1ocnc1Cc1ccccc1. The summed E-state index contributed by atoms with van der Waals surface area (Å²) in [5.74, 6) is 0.846. The van der Waals surface area contributed by atoms with Crippen LogP contribution in [-0.4, -0.2) is 9.97 Å². The van der Waals surface area contributed by atoms with Crippen molar-refractivity contribution < 1.29 is 4.42 Å². The third kappa shape index (κ3) is 2.07. The van der Waals surface area contributed by atoms with Crippen molar-refractivity contribution >= 4 is 11.3 Å². The van der Waals surface area contributed by atoms with Crippen molar-refractivity contribution in [2.45, 2.75) is 13.3 Å². The van der Waals surface area contributed by atoms with Gasteiger partial charge in [-0.05, 0) is 12.5 Å². The summed E-state index contributed by atoms with van der Waals surface area (Å²) in [6.07, 6.45) is 2.29. The Morgan fingerprint density at radius 3 is 2.72 bits per heavy atom. The molecule has 2 heterocycles. The first-order chi connectivity index (χ1) is 8.84. The number of thiazole rings is 1. The van der Waals surface area contributed by atoms with E-state index in [1.54, 1.807) is 11.3 Å². The van der Waals surface area contributed by atoms with Gasteiger partial charge < -0.3 is 4.42 Å². The minimum Gasteiger partial charge on any atom is -0.442 e. The average Bonchev–Trinajstić information content (AvgIpc) is 2.99. The summed E-state index contributed by atoms with van der Waals surface area (Å²) in [4.78, 5) is 9.64. The summed E-state index contributed by atoms with van der Waals surface area (Å²) < 4.78 is 5.52. The molecule has 1 aromatic carbocycles. The van der Waals surface area contributed by atoms with E-state index in [4.69, 9.17) is 4.42 Å². The lowest BCUT2D eigenvalue weighted by Crippen LogP contribution is -1.90. The molecular formula is C14H12N2OS. The molecule has 3 aromatic rings. The van der Waals surface area contributed by atoms with Crippen molar-refractivity contribution in [2.24, 2.45) is 0 Å².